The van der Waals surface area contributed by atoms with Gasteiger partial charge in [0.25, 0.3) is 5.91 Å². The number of carbonyl (C=O) groups excluding carboxylic acids is 1. The van der Waals surface area contributed by atoms with Crippen molar-refractivity contribution in [3.63, 3.8) is 0 Å². The van der Waals surface area contributed by atoms with Crippen molar-refractivity contribution in [1.82, 2.24) is 15.0 Å². The second-order valence-corrected chi connectivity index (χ2v) is 8.01. The van der Waals surface area contributed by atoms with Gasteiger partial charge in [-0.15, -0.1) is 0 Å². The van der Waals surface area contributed by atoms with Gasteiger partial charge >= 0.3 is 0 Å². The van der Waals surface area contributed by atoms with E-state index in [2.05, 4.69) is 15.5 Å². The topological polar surface area (TPSA) is 59.3 Å². The minimum Gasteiger partial charge on any atom is -0.314 e. The highest BCUT2D eigenvalue weighted by molar-refractivity contribution is 7.99. The largest absolute Gasteiger partial charge is 0.314 e. The fourth-order valence-corrected chi connectivity index (χ4v) is 4.03. The van der Waals surface area contributed by atoms with Crippen LogP contribution in [-0.4, -0.2) is 27.4 Å². The number of amides is 1. The van der Waals surface area contributed by atoms with Gasteiger partial charge < -0.3 is 4.57 Å². The molecule has 0 aliphatic carbocycles. The molecule has 1 aromatic heterocycles. The lowest BCUT2D eigenvalue weighted by Crippen LogP contribution is -2.20. The van der Waals surface area contributed by atoms with E-state index in [1.807, 2.05) is 53.1 Å². The van der Waals surface area contributed by atoms with Crippen LogP contribution in [0.5, 0.6) is 0 Å². The van der Waals surface area contributed by atoms with Crippen LogP contribution >= 0.6 is 23.4 Å². The molecule has 1 amide bonds. The molecule has 0 aliphatic rings. The maximum Gasteiger partial charge on any atom is 0.250 e. The van der Waals surface area contributed by atoms with Crippen molar-refractivity contribution in [2.75, 3.05) is 5.75 Å². The first-order chi connectivity index (χ1) is 15.1. The molecule has 0 fully saturated rings. The summed E-state index contributed by atoms with van der Waals surface area (Å²) < 4.78 is 15.6. The van der Waals surface area contributed by atoms with E-state index in [1.165, 1.54) is 24.0 Å². The van der Waals surface area contributed by atoms with E-state index in [0.717, 1.165) is 16.6 Å². The lowest BCUT2D eigenvalue weighted by atomic mass is 10.2. The van der Waals surface area contributed by atoms with Crippen LogP contribution in [0.25, 0.3) is 11.0 Å². The number of rotatable bonds is 7. The minimum atomic E-state index is -0.400. The van der Waals surface area contributed by atoms with E-state index in [0.29, 0.717) is 22.3 Å². The molecule has 0 bridgehead atoms. The number of hydrogen-bond donors (Lipinski definition) is 1. The third-order valence-electron chi connectivity index (χ3n) is 4.54. The zero-order valence-corrected chi connectivity index (χ0v) is 17.9. The van der Waals surface area contributed by atoms with Gasteiger partial charge in [-0.2, -0.15) is 5.10 Å². The molecule has 4 aromatic rings. The van der Waals surface area contributed by atoms with Crippen LogP contribution in [0.15, 0.2) is 83.1 Å². The molecule has 0 radical (unpaired) electrons. The molecular weight excluding hydrogens is 435 g/mol. The number of thioether (sulfide) groups is 1. The van der Waals surface area contributed by atoms with Crippen molar-refractivity contribution in [3.8, 4) is 0 Å². The van der Waals surface area contributed by atoms with Gasteiger partial charge in [-0.1, -0.05) is 71.9 Å². The maximum atomic E-state index is 13.6. The van der Waals surface area contributed by atoms with Gasteiger partial charge in [0.15, 0.2) is 5.16 Å². The molecule has 31 heavy (non-hydrogen) atoms. The predicted molar refractivity (Wildman–Crippen MR) is 123 cm³/mol. The Labute approximate surface area is 187 Å². The van der Waals surface area contributed by atoms with Crippen LogP contribution in [0.4, 0.5) is 4.39 Å². The van der Waals surface area contributed by atoms with Crippen molar-refractivity contribution in [2.24, 2.45) is 5.10 Å². The van der Waals surface area contributed by atoms with E-state index in [1.54, 1.807) is 18.2 Å². The quantitative estimate of drug-likeness (QED) is 0.240. The zero-order valence-electron chi connectivity index (χ0n) is 16.3. The Morgan fingerprint density at radius 3 is 2.68 bits per heavy atom. The van der Waals surface area contributed by atoms with Crippen molar-refractivity contribution in [2.45, 2.75) is 11.7 Å². The first kappa shape index (κ1) is 21.1. The summed E-state index contributed by atoms with van der Waals surface area (Å²) in [5, 5.41) is 5.22. The van der Waals surface area contributed by atoms with E-state index in [9.17, 15) is 9.18 Å². The molecule has 0 spiro atoms. The number of carbonyl (C=O) groups is 1. The van der Waals surface area contributed by atoms with Gasteiger partial charge in [0, 0.05) is 10.6 Å². The summed E-state index contributed by atoms with van der Waals surface area (Å²) in [4.78, 5) is 16.9. The van der Waals surface area contributed by atoms with E-state index in [-0.39, 0.29) is 11.7 Å². The van der Waals surface area contributed by atoms with Crippen LogP contribution in [0.3, 0.4) is 0 Å². The number of para-hydroxylation sites is 2. The molecule has 156 valence electrons. The molecule has 3 aromatic carbocycles. The second-order valence-electron chi connectivity index (χ2n) is 6.66. The van der Waals surface area contributed by atoms with E-state index >= 15 is 0 Å². The first-order valence-electron chi connectivity index (χ1n) is 9.50. The highest BCUT2D eigenvalue weighted by Crippen LogP contribution is 2.27. The number of benzene rings is 3. The summed E-state index contributed by atoms with van der Waals surface area (Å²) in [6.07, 6.45) is 1.28. The summed E-state index contributed by atoms with van der Waals surface area (Å²) in [6, 6.07) is 21.7. The molecule has 5 nitrogen and oxygen atoms in total. The second kappa shape index (κ2) is 9.76. The van der Waals surface area contributed by atoms with Crippen molar-refractivity contribution in [3.05, 3.63) is 94.8 Å². The van der Waals surface area contributed by atoms with Crippen LogP contribution in [-0.2, 0) is 11.3 Å². The van der Waals surface area contributed by atoms with Gasteiger partial charge in [-0.05, 0) is 29.8 Å². The number of fused-ring (bicyclic) bond motifs is 1. The van der Waals surface area contributed by atoms with Gasteiger partial charge in [0.05, 0.1) is 29.5 Å². The van der Waals surface area contributed by atoms with Gasteiger partial charge in [0.1, 0.15) is 5.82 Å². The molecule has 0 aliphatic heterocycles. The highest BCUT2D eigenvalue weighted by Gasteiger charge is 2.14. The Kier molecular flexibility index (Phi) is 6.64. The van der Waals surface area contributed by atoms with Gasteiger partial charge in [0.2, 0.25) is 0 Å². The third-order valence-corrected chi connectivity index (χ3v) is 5.88. The summed E-state index contributed by atoms with van der Waals surface area (Å²) in [7, 11) is 0. The average Bonchev–Trinajstić information content (AvgIpc) is 3.13. The maximum absolute atomic E-state index is 13.6. The van der Waals surface area contributed by atoms with Gasteiger partial charge in [-0.25, -0.2) is 14.8 Å². The summed E-state index contributed by atoms with van der Waals surface area (Å²) in [5.74, 6) is -0.599. The molecule has 1 heterocycles. The number of hydrazone groups is 1. The lowest BCUT2D eigenvalue weighted by Gasteiger charge is -2.10. The number of aromatic nitrogens is 2. The molecule has 0 saturated carbocycles. The third kappa shape index (κ3) is 5.13. The highest BCUT2D eigenvalue weighted by atomic mass is 35.5. The van der Waals surface area contributed by atoms with Crippen molar-refractivity contribution in [1.29, 1.82) is 0 Å². The lowest BCUT2D eigenvalue weighted by molar-refractivity contribution is -0.118. The first-order valence-corrected chi connectivity index (χ1v) is 10.9. The molecule has 0 atom stereocenters. The number of nitrogens with one attached hydrogen (secondary N) is 1. The molecule has 8 heteroatoms. The van der Waals surface area contributed by atoms with E-state index in [4.69, 9.17) is 11.6 Å². The summed E-state index contributed by atoms with van der Waals surface area (Å²) >= 11 is 7.65. The number of hydrogen-bond acceptors (Lipinski definition) is 4. The number of imidazole rings is 1. The van der Waals surface area contributed by atoms with Crippen molar-refractivity contribution >= 4 is 46.5 Å². The molecule has 0 saturated heterocycles. The Hall–Kier alpha value is -3.16. The summed E-state index contributed by atoms with van der Waals surface area (Å²) in [6.45, 7) is 0.537. The molecule has 4 rings (SSSR count). The SMILES string of the molecule is O=C(CSc1nc2ccccc2n1Cc1ccccc1Cl)N/N=C/c1ccccc1F. The predicted octanol–water partition coefficient (Wildman–Crippen LogP) is 5.12. The Balaban J connectivity index is 1.47. The Morgan fingerprint density at radius 1 is 1.10 bits per heavy atom. The fourth-order valence-electron chi connectivity index (χ4n) is 3.03. The Bertz CT molecular complexity index is 1260. The smallest absolute Gasteiger partial charge is 0.250 e. The molecular formula is C23H18ClFN4OS. The van der Waals surface area contributed by atoms with Crippen LogP contribution in [0.2, 0.25) is 5.02 Å². The molecule has 0 unspecified atom stereocenters. The van der Waals surface area contributed by atoms with Crippen LogP contribution < -0.4 is 5.43 Å². The van der Waals surface area contributed by atoms with Crippen molar-refractivity contribution < 1.29 is 9.18 Å². The monoisotopic (exact) mass is 452 g/mol. The van der Waals surface area contributed by atoms with Crippen LogP contribution in [0.1, 0.15) is 11.1 Å². The van der Waals surface area contributed by atoms with Gasteiger partial charge in [-0.3, -0.25) is 4.79 Å². The fraction of sp³-hybridized carbons (Fsp3) is 0.0870. The number of nitrogens with zero attached hydrogens (tertiary/aromatic N) is 3. The standard InChI is InChI=1S/C23H18ClFN4OS/c24-18-9-3-1-8-17(18)14-29-21-12-6-5-11-20(21)27-23(29)31-15-22(30)28-26-13-16-7-2-4-10-19(16)25/h1-13H,14-15H2,(H,28,30)/b26-13+. The van der Waals surface area contributed by atoms with E-state index < -0.39 is 5.82 Å². The van der Waals surface area contributed by atoms with Crippen LogP contribution in [0, 0.1) is 5.82 Å². The Morgan fingerprint density at radius 2 is 1.84 bits per heavy atom. The number of halogens is 2. The summed E-state index contributed by atoms with van der Waals surface area (Å²) in [5.41, 5.74) is 5.50. The minimum absolute atomic E-state index is 0.112. The average molecular weight is 453 g/mol. The molecule has 1 N–H and O–H groups in total. The zero-order chi connectivity index (χ0) is 21.6. The normalized spacial score (nSPS) is 11.3.